The van der Waals surface area contributed by atoms with Crippen molar-refractivity contribution in [1.82, 2.24) is 15.1 Å². The summed E-state index contributed by atoms with van der Waals surface area (Å²) in [6, 6.07) is 12.4. The zero-order chi connectivity index (χ0) is 13.9. The molecule has 4 nitrogen and oxygen atoms in total. The predicted octanol–water partition coefficient (Wildman–Crippen LogP) is 2.55. The van der Waals surface area contributed by atoms with Gasteiger partial charge in [0.05, 0.1) is 17.1 Å². The molecule has 1 aromatic heterocycles. The van der Waals surface area contributed by atoms with Gasteiger partial charge in [-0.1, -0.05) is 30.0 Å². The van der Waals surface area contributed by atoms with Crippen molar-refractivity contribution < 1.29 is 4.79 Å². The van der Waals surface area contributed by atoms with Gasteiger partial charge in [-0.25, -0.2) is 4.68 Å². The van der Waals surface area contributed by atoms with Crippen molar-refractivity contribution in [2.24, 2.45) is 0 Å². The maximum atomic E-state index is 11.8. The molecular weight excluding hydrogens is 270 g/mol. The smallest absolute Gasteiger partial charge is 0.230 e. The number of nitrogens with one attached hydrogen (secondary N) is 1. The zero-order valence-electron chi connectivity index (χ0n) is 11.4. The van der Waals surface area contributed by atoms with E-state index in [2.05, 4.69) is 10.4 Å². The molecule has 1 heterocycles. The number of para-hydroxylation sites is 1. The van der Waals surface area contributed by atoms with E-state index in [9.17, 15) is 4.79 Å². The molecule has 1 amide bonds. The largest absolute Gasteiger partial charge is 0.353 e. The number of rotatable bonds is 5. The van der Waals surface area contributed by atoms with Crippen LogP contribution in [-0.2, 0) is 4.79 Å². The minimum Gasteiger partial charge on any atom is -0.353 e. The summed E-state index contributed by atoms with van der Waals surface area (Å²) >= 11 is 1.53. The Balaban J connectivity index is 1.71. The van der Waals surface area contributed by atoms with E-state index in [0.29, 0.717) is 11.8 Å². The van der Waals surface area contributed by atoms with Crippen LogP contribution in [0.3, 0.4) is 0 Å². The molecule has 104 valence electrons. The van der Waals surface area contributed by atoms with Crippen molar-refractivity contribution in [2.75, 3.05) is 5.75 Å². The number of hydrogen-bond acceptors (Lipinski definition) is 3. The number of hydrogen-bond donors (Lipinski definition) is 1. The molecule has 0 spiro atoms. The fourth-order valence-electron chi connectivity index (χ4n) is 1.97. The van der Waals surface area contributed by atoms with Crippen LogP contribution in [0.1, 0.15) is 18.5 Å². The number of aryl methyl sites for hydroxylation is 1. The molecule has 20 heavy (non-hydrogen) atoms. The van der Waals surface area contributed by atoms with Crippen LogP contribution < -0.4 is 5.32 Å². The second kappa shape index (κ2) is 5.71. The standard InChI is InChI=1S/C15H17N3OS/c1-11-9-15(20-10-14(19)16-12-7-8-12)18(17-11)13-5-3-2-4-6-13/h2-6,9,12H,7-8,10H2,1H3,(H,16,19). The number of benzene rings is 1. The zero-order valence-corrected chi connectivity index (χ0v) is 12.2. The van der Waals surface area contributed by atoms with E-state index in [1.165, 1.54) is 11.8 Å². The number of amides is 1. The van der Waals surface area contributed by atoms with E-state index in [4.69, 9.17) is 0 Å². The lowest BCUT2D eigenvalue weighted by Gasteiger charge is -2.07. The summed E-state index contributed by atoms with van der Waals surface area (Å²) in [7, 11) is 0. The monoisotopic (exact) mass is 287 g/mol. The molecule has 0 saturated heterocycles. The lowest BCUT2D eigenvalue weighted by atomic mass is 10.3. The highest BCUT2D eigenvalue weighted by Gasteiger charge is 2.23. The Bertz CT molecular complexity index is 605. The molecule has 0 aliphatic heterocycles. The summed E-state index contributed by atoms with van der Waals surface area (Å²) in [4.78, 5) is 11.8. The van der Waals surface area contributed by atoms with Gasteiger partial charge in [0.2, 0.25) is 5.91 Å². The first-order valence-corrected chi connectivity index (χ1v) is 7.75. The second-order valence-corrected chi connectivity index (χ2v) is 6.00. The van der Waals surface area contributed by atoms with E-state index >= 15 is 0 Å². The van der Waals surface area contributed by atoms with Crippen molar-refractivity contribution in [2.45, 2.75) is 30.8 Å². The van der Waals surface area contributed by atoms with E-state index < -0.39 is 0 Å². The normalized spacial score (nSPS) is 14.2. The third-order valence-electron chi connectivity index (χ3n) is 3.09. The molecule has 0 atom stereocenters. The van der Waals surface area contributed by atoms with Gasteiger partial charge in [-0.3, -0.25) is 4.79 Å². The lowest BCUT2D eigenvalue weighted by Crippen LogP contribution is -2.27. The molecule has 1 aliphatic rings. The van der Waals surface area contributed by atoms with Gasteiger partial charge in [0, 0.05) is 6.04 Å². The van der Waals surface area contributed by atoms with Gasteiger partial charge in [-0.15, -0.1) is 0 Å². The predicted molar refractivity (Wildman–Crippen MR) is 80.2 cm³/mol. The first kappa shape index (κ1) is 13.2. The average molecular weight is 287 g/mol. The minimum absolute atomic E-state index is 0.107. The van der Waals surface area contributed by atoms with Gasteiger partial charge in [-0.2, -0.15) is 5.10 Å². The molecular formula is C15H17N3OS. The molecule has 1 aliphatic carbocycles. The summed E-state index contributed by atoms with van der Waals surface area (Å²) in [5, 5.41) is 8.50. The summed E-state index contributed by atoms with van der Waals surface area (Å²) in [6.07, 6.45) is 2.24. The number of carbonyl (C=O) groups is 1. The molecule has 1 saturated carbocycles. The molecule has 1 aromatic carbocycles. The number of carbonyl (C=O) groups excluding carboxylic acids is 1. The maximum Gasteiger partial charge on any atom is 0.230 e. The van der Waals surface area contributed by atoms with E-state index in [1.54, 1.807) is 0 Å². The summed E-state index contributed by atoms with van der Waals surface area (Å²) in [5.74, 6) is 0.546. The first-order valence-electron chi connectivity index (χ1n) is 6.76. The summed E-state index contributed by atoms with van der Waals surface area (Å²) < 4.78 is 1.89. The molecule has 0 unspecified atom stereocenters. The molecule has 1 N–H and O–H groups in total. The molecule has 2 aromatic rings. The third-order valence-corrected chi connectivity index (χ3v) is 4.09. The highest BCUT2D eigenvalue weighted by atomic mass is 32.2. The number of thioether (sulfide) groups is 1. The van der Waals surface area contributed by atoms with Gasteiger partial charge in [-0.05, 0) is 38.0 Å². The van der Waals surface area contributed by atoms with Crippen molar-refractivity contribution in [3.8, 4) is 5.69 Å². The topological polar surface area (TPSA) is 46.9 Å². The number of aromatic nitrogens is 2. The minimum atomic E-state index is 0.107. The summed E-state index contributed by atoms with van der Waals surface area (Å²) in [5.41, 5.74) is 1.98. The lowest BCUT2D eigenvalue weighted by molar-refractivity contribution is -0.118. The van der Waals surface area contributed by atoms with Crippen molar-refractivity contribution >= 4 is 17.7 Å². The Morgan fingerprint density at radius 2 is 2.15 bits per heavy atom. The van der Waals surface area contributed by atoms with E-state index in [-0.39, 0.29) is 5.91 Å². The van der Waals surface area contributed by atoms with Crippen LogP contribution in [0.5, 0.6) is 0 Å². The summed E-state index contributed by atoms with van der Waals surface area (Å²) in [6.45, 7) is 1.97. The van der Waals surface area contributed by atoms with E-state index in [1.807, 2.05) is 48.0 Å². The quantitative estimate of drug-likeness (QED) is 0.860. The van der Waals surface area contributed by atoms with Crippen LogP contribution in [0, 0.1) is 6.92 Å². The fourth-order valence-corrected chi connectivity index (χ4v) is 2.85. The first-order chi connectivity index (χ1) is 9.72. The molecule has 0 bridgehead atoms. The average Bonchev–Trinajstić information content (AvgIpc) is 3.18. The third kappa shape index (κ3) is 3.22. The highest BCUT2D eigenvalue weighted by Crippen LogP contribution is 2.24. The highest BCUT2D eigenvalue weighted by molar-refractivity contribution is 7.99. The Kier molecular flexibility index (Phi) is 3.78. The Morgan fingerprint density at radius 3 is 2.85 bits per heavy atom. The van der Waals surface area contributed by atoms with Gasteiger partial charge in [0.25, 0.3) is 0 Å². The molecule has 5 heteroatoms. The molecule has 3 rings (SSSR count). The second-order valence-electron chi connectivity index (χ2n) is 5.00. The number of nitrogens with zero attached hydrogens (tertiary/aromatic N) is 2. The van der Waals surface area contributed by atoms with Crippen LogP contribution in [0.15, 0.2) is 41.4 Å². The Morgan fingerprint density at radius 1 is 1.40 bits per heavy atom. The van der Waals surface area contributed by atoms with Gasteiger partial charge < -0.3 is 5.32 Å². The van der Waals surface area contributed by atoms with Crippen molar-refractivity contribution in [3.05, 3.63) is 42.1 Å². The van der Waals surface area contributed by atoms with Crippen molar-refractivity contribution in [1.29, 1.82) is 0 Å². The van der Waals surface area contributed by atoms with Crippen molar-refractivity contribution in [3.63, 3.8) is 0 Å². The van der Waals surface area contributed by atoms with Crippen LogP contribution in [0.2, 0.25) is 0 Å². The Hall–Kier alpha value is -1.75. The van der Waals surface area contributed by atoms with Crippen LogP contribution >= 0.6 is 11.8 Å². The van der Waals surface area contributed by atoms with Crippen LogP contribution in [0.4, 0.5) is 0 Å². The van der Waals surface area contributed by atoms with Gasteiger partial charge >= 0.3 is 0 Å². The fraction of sp³-hybridized carbons (Fsp3) is 0.333. The Labute approximate surface area is 122 Å². The maximum absolute atomic E-state index is 11.8. The molecule has 0 radical (unpaired) electrons. The van der Waals surface area contributed by atoms with E-state index in [0.717, 1.165) is 29.2 Å². The molecule has 1 fully saturated rings. The van der Waals surface area contributed by atoms with Crippen LogP contribution in [0.25, 0.3) is 5.69 Å². The van der Waals surface area contributed by atoms with Gasteiger partial charge in [0.1, 0.15) is 5.03 Å². The van der Waals surface area contributed by atoms with Gasteiger partial charge in [0.15, 0.2) is 0 Å². The SMILES string of the molecule is Cc1cc(SCC(=O)NC2CC2)n(-c2ccccc2)n1. The van der Waals surface area contributed by atoms with Crippen LogP contribution in [-0.4, -0.2) is 27.5 Å².